The second-order valence-electron chi connectivity index (χ2n) is 3.21. The van der Waals surface area contributed by atoms with Crippen LogP contribution in [0.2, 0.25) is 0 Å². The Hall–Kier alpha value is -1.31. The van der Waals surface area contributed by atoms with Gasteiger partial charge >= 0.3 is 0 Å². The van der Waals surface area contributed by atoms with Crippen molar-refractivity contribution >= 4 is 11.6 Å². The molecule has 0 aliphatic carbocycles. The van der Waals surface area contributed by atoms with Gasteiger partial charge in [0.15, 0.2) is 0 Å². The number of benzene rings is 1. The molecule has 1 heterocycles. The lowest BCUT2D eigenvalue weighted by molar-refractivity contribution is -0.116. The van der Waals surface area contributed by atoms with Crippen LogP contribution in [0.15, 0.2) is 18.2 Å². The van der Waals surface area contributed by atoms with Crippen LogP contribution < -0.4 is 5.32 Å². The van der Waals surface area contributed by atoms with E-state index >= 15 is 0 Å². The Labute approximate surface area is 86.8 Å². The first-order valence-corrected chi connectivity index (χ1v) is 5.15. The number of hydrogen-bond donors (Lipinski definition) is 1. The van der Waals surface area contributed by atoms with Crippen LogP contribution in [0.25, 0.3) is 0 Å². The molecular formula is C12H19NO. The maximum atomic E-state index is 11.0. The summed E-state index contributed by atoms with van der Waals surface area (Å²) in [4.78, 5) is 11.0. The second kappa shape index (κ2) is 4.80. The number of amides is 1. The number of hydrogen-bond acceptors (Lipinski definition) is 1. The van der Waals surface area contributed by atoms with Gasteiger partial charge in [-0.05, 0) is 25.0 Å². The van der Waals surface area contributed by atoms with Crippen molar-refractivity contribution in [1.29, 1.82) is 0 Å². The van der Waals surface area contributed by atoms with Crippen LogP contribution in [0.4, 0.5) is 5.69 Å². The first-order valence-electron chi connectivity index (χ1n) is 5.15. The molecule has 1 aromatic rings. The van der Waals surface area contributed by atoms with Crippen molar-refractivity contribution in [2.24, 2.45) is 0 Å². The average molecular weight is 193 g/mol. The Morgan fingerprint density at radius 2 is 2.00 bits per heavy atom. The molecule has 1 aliphatic heterocycles. The van der Waals surface area contributed by atoms with Crippen LogP contribution in [-0.4, -0.2) is 5.91 Å². The molecule has 78 valence electrons. The number of nitrogens with one attached hydrogen (secondary N) is 1. The van der Waals surface area contributed by atoms with Gasteiger partial charge < -0.3 is 5.32 Å². The number of carbonyl (C=O) groups excluding carboxylic acids is 1. The molecule has 14 heavy (non-hydrogen) atoms. The SMILES string of the molecule is CC.Cc1ccc2c(c1)CCC(=O)N2.[HH]. The van der Waals surface area contributed by atoms with E-state index in [1.54, 1.807) is 0 Å². The van der Waals surface area contributed by atoms with Crippen LogP contribution in [0.3, 0.4) is 0 Å². The summed E-state index contributed by atoms with van der Waals surface area (Å²) in [7, 11) is 0. The molecular weight excluding hydrogens is 174 g/mol. The lowest BCUT2D eigenvalue weighted by Gasteiger charge is -2.16. The van der Waals surface area contributed by atoms with E-state index < -0.39 is 0 Å². The quantitative estimate of drug-likeness (QED) is 0.673. The number of rotatable bonds is 0. The van der Waals surface area contributed by atoms with Crippen LogP contribution >= 0.6 is 0 Å². The molecule has 1 aromatic carbocycles. The molecule has 0 saturated heterocycles. The predicted molar refractivity (Wildman–Crippen MR) is 61.6 cm³/mol. The third-order valence-electron chi connectivity index (χ3n) is 2.16. The number of aryl methyl sites for hydroxylation is 2. The van der Waals surface area contributed by atoms with Crippen LogP contribution in [-0.2, 0) is 11.2 Å². The fourth-order valence-electron chi connectivity index (χ4n) is 1.51. The molecule has 0 unspecified atom stereocenters. The highest BCUT2D eigenvalue weighted by atomic mass is 16.1. The first-order chi connectivity index (χ1) is 6.75. The maximum Gasteiger partial charge on any atom is 0.224 e. The number of fused-ring (bicyclic) bond motifs is 1. The standard InChI is InChI=1S/C10H11NO.C2H6.H2/c1-7-2-4-9-8(6-7)3-5-10(12)11-9;1-2;/h2,4,6H,3,5H2,1H3,(H,11,12);1-2H3;1H. The van der Waals surface area contributed by atoms with E-state index in [9.17, 15) is 4.79 Å². The summed E-state index contributed by atoms with van der Waals surface area (Å²) >= 11 is 0. The Morgan fingerprint density at radius 3 is 2.71 bits per heavy atom. The van der Waals surface area contributed by atoms with Gasteiger partial charge in [-0.25, -0.2) is 0 Å². The number of anilines is 1. The van der Waals surface area contributed by atoms with Gasteiger partial charge in [-0.15, -0.1) is 0 Å². The minimum absolute atomic E-state index is 0. The van der Waals surface area contributed by atoms with Gasteiger partial charge in [-0.2, -0.15) is 0 Å². The summed E-state index contributed by atoms with van der Waals surface area (Å²) in [5.74, 6) is 0.131. The maximum absolute atomic E-state index is 11.0. The zero-order chi connectivity index (χ0) is 10.6. The van der Waals surface area contributed by atoms with E-state index in [4.69, 9.17) is 0 Å². The van der Waals surface area contributed by atoms with Gasteiger partial charge in [0.2, 0.25) is 5.91 Å². The third kappa shape index (κ3) is 2.34. The largest absolute Gasteiger partial charge is 0.326 e. The first kappa shape index (κ1) is 10.8. The van der Waals surface area contributed by atoms with Gasteiger partial charge in [-0.3, -0.25) is 4.79 Å². The Balaban J connectivity index is 0.000000617. The monoisotopic (exact) mass is 193 g/mol. The molecule has 0 radical (unpaired) electrons. The summed E-state index contributed by atoms with van der Waals surface area (Å²) < 4.78 is 0. The van der Waals surface area contributed by atoms with E-state index in [2.05, 4.69) is 18.3 Å². The van der Waals surface area contributed by atoms with Gasteiger partial charge in [0.1, 0.15) is 0 Å². The molecule has 2 heteroatoms. The normalized spacial score (nSPS) is 13.5. The fourth-order valence-corrected chi connectivity index (χ4v) is 1.51. The summed E-state index contributed by atoms with van der Waals surface area (Å²) in [6.07, 6.45) is 1.50. The molecule has 1 N–H and O–H groups in total. The molecule has 1 amide bonds. The minimum Gasteiger partial charge on any atom is -0.326 e. The Bertz CT molecular complexity index is 336. The summed E-state index contributed by atoms with van der Waals surface area (Å²) in [6, 6.07) is 6.13. The van der Waals surface area contributed by atoms with Crippen molar-refractivity contribution in [2.75, 3.05) is 5.32 Å². The van der Waals surface area contributed by atoms with Crippen LogP contribution in [0.1, 0.15) is 32.8 Å². The van der Waals surface area contributed by atoms with Gasteiger partial charge in [-0.1, -0.05) is 31.5 Å². The van der Waals surface area contributed by atoms with Crippen LogP contribution in [0, 0.1) is 6.92 Å². The molecule has 0 bridgehead atoms. The lowest BCUT2D eigenvalue weighted by Crippen LogP contribution is -2.18. The van der Waals surface area contributed by atoms with Crippen molar-refractivity contribution in [3.63, 3.8) is 0 Å². The van der Waals surface area contributed by atoms with Crippen molar-refractivity contribution in [2.45, 2.75) is 33.6 Å². The van der Waals surface area contributed by atoms with E-state index in [1.807, 2.05) is 26.0 Å². The van der Waals surface area contributed by atoms with Crippen molar-refractivity contribution in [1.82, 2.24) is 0 Å². The van der Waals surface area contributed by atoms with E-state index in [-0.39, 0.29) is 7.33 Å². The smallest absolute Gasteiger partial charge is 0.224 e. The molecule has 1 aliphatic rings. The summed E-state index contributed by atoms with van der Waals surface area (Å²) in [5, 5.41) is 2.85. The summed E-state index contributed by atoms with van der Waals surface area (Å²) in [6.45, 7) is 6.07. The molecule has 0 fully saturated rings. The molecule has 2 nitrogen and oxygen atoms in total. The molecule has 2 rings (SSSR count). The van der Waals surface area contributed by atoms with Gasteiger partial charge in [0.05, 0.1) is 0 Å². The zero-order valence-corrected chi connectivity index (χ0v) is 9.05. The Morgan fingerprint density at radius 1 is 1.29 bits per heavy atom. The van der Waals surface area contributed by atoms with Gasteiger partial charge in [0.25, 0.3) is 0 Å². The zero-order valence-electron chi connectivity index (χ0n) is 9.05. The second-order valence-corrected chi connectivity index (χ2v) is 3.21. The topological polar surface area (TPSA) is 29.1 Å². The van der Waals surface area contributed by atoms with Crippen LogP contribution in [0.5, 0.6) is 0 Å². The summed E-state index contributed by atoms with van der Waals surface area (Å²) in [5.41, 5.74) is 3.50. The average Bonchev–Trinajstić information content (AvgIpc) is 2.21. The predicted octanol–water partition coefficient (Wildman–Crippen LogP) is 3.15. The fraction of sp³-hybridized carbons (Fsp3) is 0.417. The highest BCUT2D eigenvalue weighted by Gasteiger charge is 2.13. The van der Waals surface area contributed by atoms with E-state index in [1.165, 1.54) is 11.1 Å². The molecule has 0 spiro atoms. The third-order valence-corrected chi connectivity index (χ3v) is 2.16. The molecule has 0 saturated carbocycles. The van der Waals surface area contributed by atoms with Crippen molar-refractivity contribution in [3.8, 4) is 0 Å². The highest BCUT2D eigenvalue weighted by Crippen LogP contribution is 2.22. The van der Waals surface area contributed by atoms with E-state index in [0.29, 0.717) is 6.42 Å². The van der Waals surface area contributed by atoms with Crippen molar-refractivity contribution < 1.29 is 6.22 Å². The molecule has 0 aromatic heterocycles. The number of carbonyl (C=O) groups is 1. The Kier molecular flexibility index (Phi) is 3.69. The molecule has 0 atom stereocenters. The van der Waals surface area contributed by atoms with Gasteiger partial charge in [0, 0.05) is 13.5 Å². The van der Waals surface area contributed by atoms with Crippen molar-refractivity contribution in [3.05, 3.63) is 29.3 Å². The minimum atomic E-state index is 0. The highest BCUT2D eigenvalue weighted by molar-refractivity contribution is 5.93. The van der Waals surface area contributed by atoms with E-state index in [0.717, 1.165) is 12.1 Å². The lowest BCUT2D eigenvalue weighted by atomic mass is 10.0.